The fourth-order valence-corrected chi connectivity index (χ4v) is 2.64. The molecule has 1 N–H and O–H groups in total. The highest BCUT2D eigenvalue weighted by molar-refractivity contribution is 9.09. The number of fused-ring (bicyclic) bond motifs is 1. The summed E-state index contributed by atoms with van der Waals surface area (Å²) in [5.41, 5.74) is 0.528. The molecule has 0 bridgehead atoms. The number of rotatable bonds is 3. The van der Waals surface area contributed by atoms with Crippen LogP contribution in [0.5, 0.6) is 0 Å². The lowest BCUT2D eigenvalue weighted by molar-refractivity contribution is 0.0923. The van der Waals surface area contributed by atoms with Crippen LogP contribution >= 0.6 is 27.3 Å². The van der Waals surface area contributed by atoms with Crippen molar-refractivity contribution in [1.82, 2.24) is 5.32 Å². The van der Waals surface area contributed by atoms with Gasteiger partial charge in [0.1, 0.15) is 0 Å². The van der Waals surface area contributed by atoms with Crippen LogP contribution in [0.2, 0.25) is 0 Å². The summed E-state index contributed by atoms with van der Waals surface area (Å²) in [5, 5.41) is 6.70. The fourth-order valence-electron chi connectivity index (χ4n) is 1.56. The van der Waals surface area contributed by atoms with E-state index < -0.39 is 0 Å². The highest BCUT2D eigenvalue weighted by Crippen LogP contribution is 2.25. The van der Waals surface area contributed by atoms with Gasteiger partial charge in [-0.2, -0.15) is 0 Å². The molecule has 0 aliphatic rings. The molecule has 0 fully saturated rings. The normalized spacial score (nSPS) is 11.7. The van der Waals surface area contributed by atoms with Crippen LogP contribution in [0.25, 0.3) is 10.1 Å². The van der Waals surface area contributed by atoms with Crippen LogP contribution in [0.4, 0.5) is 0 Å². The fraction of sp³-hybridized carbons (Fsp3) is 0.308. The standard InChI is InChI=1S/C13H14BrNOS/c1-13(2,8-14)15-12(16)10-7-17-11-6-4-3-5-9(10)11/h3-7H,8H2,1-2H3,(H,15,16). The van der Waals surface area contributed by atoms with Crippen molar-refractivity contribution in [2.75, 3.05) is 5.33 Å². The zero-order valence-electron chi connectivity index (χ0n) is 9.79. The monoisotopic (exact) mass is 311 g/mol. The van der Waals surface area contributed by atoms with Crippen molar-refractivity contribution in [3.63, 3.8) is 0 Å². The van der Waals surface area contributed by atoms with Crippen molar-refractivity contribution in [2.24, 2.45) is 0 Å². The minimum absolute atomic E-state index is 0.00750. The van der Waals surface area contributed by atoms with Gasteiger partial charge >= 0.3 is 0 Å². The number of amides is 1. The Morgan fingerprint density at radius 1 is 1.41 bits per heavy atom. The molecule has 0 radical (unpaired) electrons. The molecule has 0 saturated carbocycles. The molecule has 0 aliphatic heterocycles. The third-order valence-corrected chi connectivity index (χ3v) is 4.88. The number of alkyl halides is 1. The van der Waals surface area contributed by atoms with Crippen LogP contribution in [0.1, 0.15) is 24.2 Å². The van der Waals surface area contributed by atoms with Crippen molar-refractivity contribution < 1.29 is 4.79 Å². The molecule has 1 aromatic carbocycles. The number of carbonyl (C=O) groups excluding carboxylic acids is 1. The average Bonchev–Trinajstić information content (AvgIpc) is 2.72. The molecule has 1 aromatic heterocycles. The van der Waals surface area contributed by atoms with Crippen molar-refractivity contribution in [3.8, 4) is 0 Å². The van der Waals surface area contributed by atoms with Gasteiger partial charge in [-0.05, 0) is 19.9 Å². The van der Waals surface area contributed by atoms with Gasteiger partial charge in [-0.25, -0.2) is 0 Å². The van der Waals surface area contributed by atoms with Gasteiger partial charge < -0.3 is 5.32 Å². The number of nitrogens with one attached hydrogen (secondary N) is 1. The van der Waals surface area contributed by atoms with E-state index in [0.29, 0.717) is 0 Å². The summed E-state index contributed by atoms with van der Waals surface area (Å²) in [5.74, 6) is -0.00750. The second-order valence-electron chi connectivity index (χ2n) is 4.62. The molecule has 0 atom stereocenters. The van der Waals surface area contributed by atoms with Crippen molar-refractivity contribution in [2.45, 2.75) is 19.4 Å². The van der Waals surface area contributed by atoms with Crippen LogP contribution in [0.15, 0.2) is 29.6 Å². The van der Waals surface area contributed by atoms with Crippen LogP contribution in [-0.4, -0.2) is 16.8 Å². The Morgan fingerprint density at radius 3 is 2.82 bits per heavy atom. The van der Waals surface area contributed by atoms with E-state index in [0.717, 1.165) is 21.0 Å². The molecular formula is C13H14BrNOS. The van der Waals surface area contributed by atoms with Gasteiger partial charge in [-0.3, -0.25) is 4.79 Å². The van der Waals surface area contributed by atoms with Crippen molar-refractivity contribution >= 4 is 43.3 Å². The Morgan fingerprint density at radius 2 is 2.12 bits per heavy atom. The number of halogens is 1. The third kappa shape index (κ3) is 2.69. The second kappa shape index (κ2) is 4.78. The Hall–Kier alpha value is -0.870. The van der Waals surface area contributed by atoms with Crippen LogP contribution in [-0.2, 0) is 0 Å². The van der Waals surface area contributed by atoms with Crippen LogP contribution in [0.3, 0.4) is 0 Å². The number of thiophene rings is 1. The summed E-state index contributed by atoms with van der Waals surface area (Å²) in [4.78, 5) is 12.2. The van der Waals surface area contributed by atoms with Crippen molar-refractivity contribution in [3.05, 3.63) is 35.2 Å². The van der Waals surface area contributed by atoms with Gasteiger partial charge in [0.2, 0.25) is 0 Å². The molecule has 1 heterocycles. The average molecular weight is 312 g/mol. The molecule has 17 heavy (non-hydrogen) atoms. The maximum absolute atomic E-state index is 12.2. The third-order valence-electron chi connectivity index (χ3n) is 2.51. The number of hydrogen-bond donors (Lipinski definition) is 1. The molecule has 4 heteroatoms. The van der Waals surface area contributed by atoms with E-state index in [1.807, 2.05) is 43.5 Å². The number of benzene rings is 1. The van der Waals surface area contributed by atoms with E-state index in [-0.39, 0.29) is 11.4 Å². The van der Waals surface area contributed by atoms with Gasteiger partial charge in [-0.15, -0.1) is 11.3 Å². The molecule has 2 rings (SSSR count). The Labute approximate surface area is 113 Å². The van der Waals surface area contributed by atoms with Gasteiger partial charge in [0.25, 0.3) is 5.91 Å². The first kappa shape index (κ1) is 12.6. The first-order valence-corrected chi connectivity index (χ1v) is 7.38. The zero-order chi connectivity index (χ0) is 12.5. The highest BCUT2D eigenvalue weighted by Gasteiger charge is 2.21. The first-order valence-electron chi connectivity index (χ1n) is 5.38. The van der Waals surface area contributed by atoms with Crippen LogP contribution < -0.4 is 5.32 Å². The second-order valence-corrected chi connectivity index (χ2v) is 6.09. The smallest absolute Gasteiger partial charge is 0.253 e. The molecule has 2 aromatic rings. The molecular weight excluding hydrogens is 298 g/mol. The lowest BCUT2D eigenvalue weighted by atomic mass is 10.1. The van der Waals surface area contributed by atoms with Crippen LogP contribution in [0, 0.1) is 0 Å². The van der Waals surface area contributed by atoms with E-state index in [9.17, 15) is 4.79 Å². The molecule has 1 amide bonds. The highest BCUT2D eigenvalue weighted by atomic mass is 79.9. The number of carbonyl (C=O) groups is 1. The van der Waals surface area contributed by atoms with Gasteiger partial charge in [0.05, 0.1) is 5.56 Å². The molecule has 0 unspecified atom stereocenters. The number of hydrogen-bond acceptors (Lipinski definition) is 2. The minimum atomic E-state index is -0.236. The first-order chi connectivity index (χ1) is 8.03. The van der Waals surface area contributed by atoms with E-state index in [2.05, 4.69) is 21.2 Å². The summed E-state index contributed by atoms with van der Waals surface area (Å²) < 4.78 is 1.15. The topological polar surface area (TPSA) is 29.1 Å². The predicted molar refractivity (Wildman–Crippen MR) is 77.2 cm³/mol. The van der Waals surface area contributed by atoms with E-state index in [4.69, 9.17) is 0 Å². The molecule has 2 nitrogen and oxygen atoms in total. The lowest BCUT2D eigenvalue weighted by Crippen LogP contribution is -2.44. The Bertz CT molecular complexity index is 547. The van der Waals surface area contributed by atoms with E-state index in [1.54, 1.807) is 11.3 Å². The lowest BCUT2D eigenvalue weighted by Gasteiger charge is -2.23. The zero-order valence-corrected chi connectivity index (χ0v) is 12.2. The molecule has 0 spiro atoms. The Balaban J connectivity index is 2.31. The Kier molecular flexibility index (Phi) is 3.54. The van der Waals surface area contributed by atoms with Gasteiger partial charge in [-0.1, -0.05) is 34.1 Å². The summed E-state index contributed by atoms with van der Waals surface area (Å²) in [6.45, 7) is 3.99. The minimum Gasteiger partial charge on any atom is -0.346 e. The molecule has 90 valence electrons. The maximum Gasteiger partial charge on any atom is 0.253 e. The quantitative estimate of drug-likeness (QED) is 0.858. The molecule has 0 saturated heterocycles. The summed E-state index contributed by atoms with van der Waals surface area (Å²) in [6.07, 6.45) is 0. The predicted octanol–water partition coefficient (Wildman–Crippen LogP) is 3.80. The largest absolute Gasteiger partial charge is 0.346 e. The summed E-state index contributed by atoms with van der Waals surface area (Å²) >= 11 is 5.00. The van der Waals surface area contributed by atoms with Gasteiger partial charge in [0, 0.05) is 26.3 Å². The van der Waals surface area contributed by atoms with E-state index >= 15 is 0 Å². The summed E-state index contributed by atoms with van der Waals surface area (Å²) in [7, 11) is 0. The summed E-state index contributed by atoms with van der Waals surface area (Å²) in [6, 6.07) is 7.97. The van der Waals surface area contributed by atoms with Gasteiger partial charge in [0.15, 0.2) is 0 Å². The molecule has 0 aliphatic carbocycles. The SMILES string of the molecule is CC(C)(CBr)NC(=O)c1csc2ccccc12. The van der Waals surface area contributed by atoms with E-state index in [1.165, 1.54) is 0 Å². The maximum atomic E-state index is 12.2. The van der Waals surface area contributed by atoms with Crippen molar-refractivity contribution in [1.29, 1.82) is 0 Å².